The Bertz CT molecular complexity index is 911. The van der Waals surface area contributed by atoms with Gasteiger partial charge in [0.25, 0.3) is 5.91 Å². The molecule has 0 heterocycles. The van der Waals surface area contributed by atoms with Crippen LogP contribution in [-0.2, 0) is 11.4 Å². The summed E-state index contributed by atoms with van der Waals surface area (Å²) in [6.45, 7) is 0.668. The quantitative estimate of drug-likeness (QED) is 0.400. The molecule has 0 aliphatic rings. The Morgan fingerprint density at radius 2 is 1.68 bits per heavy atom. The van der Waals surface area contributed by atoms with Crippen molar-refractivity contribution in [1.29, 1.82) is 0 Å². The predicted octanol–water partition coefficient (Wildman–Crippen LogP) is 4.59. The molecule has 0 saturated heterocycles. The molecule has 6 heteroatoms. The molecule has 0 saturated carbocycles. The number of amides is 1. The maximum Gasteiger partial charge on any atom is 0.259 e. The summed E-state index contributed by atoms with van der Waals surface area (Å²) >= 11 is 3.37. The van der Waals surface area contributed by atoms with Crippen LogP contribution in [0.4, 0.5) is 5.69 Å². The summed E-state index contributed by atoms with van der Waals surface area (Å²) < 4.78 is 6.74. The Morgan fingerprint density at radius 3 is 2.39 bits per heavy atom. The number of nitrogens with zero attached hydrogens (tertiary/aromatic N) is 1. The van der Waals surface area contributed by atoms with E-state index in [0.29, 0.717) is 6.61 Å². The zero-order valence-corrected chi connectivity index (χ0v) is 16.7. The number of halogens is 1. The number of benzene rings is 3. The van der Waals surface area contributed by atoms with Crippen molar-refractivity contribution in [2.24, 2.45) is 5.10 Å². The van der Waals surface area contributed by atoms with E-state index in [1.54, 1.807) is 6.21 Å². The van der Waals surface area contributed by atoms with Crippen molar-refractivity contribution >= 4 is 33.7 Å². The number of hydrogen-bond acceptors (Lipinski definition) is 4. The molecule has 142 valence electrons. The lowest BCUT2D eigenvalue weighted by atomic mass is 10.2. The van der Waals surface area contributed by atoms with Crippen LogP contribution in [0, 0.1) is 0 Å². The average Bonchev–Trinajstić information content (AvgIpc) is 2.73. The summed E-state index contributed by atoms with van der Waals surface area (Å²) in [6.07, 6.45) is 1.60. The van der Waals surface area contributed by atoms with E-state index in [0.717, 1.165) is 27.0 Å². The van der Waals surface area contributed by atoms with Crippen LogP contribution in [-0.4, -0.2) is 18.7 Å². The third-order valence-electron chi connectivity index (χ3n) is 3.83. The van der Waals surface area contributed by atoms with Gasteiger partial charge in [-0.2, -0.15) is 5.10 Å². The van der Waals surface area contributed by atoms with E-state index < -0.39 is 0 Å². The van der Waals surface area contributed by atoms with E-state index in [1.165, 1.54) is 0 Å². The van der Waals surface area contributed by atoms with Gasteiger partial charge < -0.3 is 10.1 Å². The van der Waals surface area contributed by atoms with E-state index in [-0.39, 0.29) is 12.5 Å². The number of anilines is 1. The fourth-order valence-corrected chi connectivity index (χ4v) is 2.62. The number of rotatable bonds is 8. The van der Waals surface area contributed by atoms with Crippen LogP contribution in [0.3, 0.4) is 0 Å². The SMILES string of the molecule is O=C(CNc1ccc(Br)cc1)N/N=C\c1ccc(OCc2ccccc2)cc1. The van der Waals surface area contributed by atoms with Gasteiger partial charge in [0, 0.05) is 10.2 Å². The van der Waals surface area contributed by atoms with Crippen LogP contribution >= 0.6 is 15.9 Å². The minimum Gasteiger partial charge on any atom is -0.489 e. The van der Waals surface area contributed by atoms with Crippen LogP contribution in [0.25, 0.3) is 0 Å². The molecule has 0 unspecified atom stereocenters. The molecule has 2 N–H and O–H groups in total. The summed E-state index contributed by atoms with van der Waals surface area (Å²) in [5.41, 5.74) is 5.36. The van der Waals surface area contributed by atoms with Gasteiger partial charge in [-0.05, 0) is 59.7 Å². The number of hydrogen-bond donors (Lipinski definition) is 2. The molecule has 1 amide bonds. The van der Waals surface area contributed by atoms with Gasteiger partial charge in [0.1, 0.15) is 12.4 Å². The second-order valence-corrected chi connectivity index (χ2v) is 6.91. The van der Waals surface area contributed by atoms with Gasteiger partial charge in [-0.1, -0.05) is 46.3 Å². The van der Waals surface area contributed by atoms with Crippen LogP contribution < -0.4 is 15.5 Å². The average molecular weight is 438 g/mol. The Balaban J connectivity index is 1.41. The summed E-state index contributed by atoms with van der Waals surface area (Å²) in [5, 5.41) is 7.01. The molecule has 0 aromatic heterocycles. The first-order chi connectivity index (χ1) is 13.7. The van der Waals surface area contributed by atoms with Crippen molar-refractivity contribution in [3.05, 3.63) is 94.5 Å². The van der Waals surface area contributed by atoms with E-state index in [4.69, 9.17) is 4.74 Å². The van der Waals surface area contributed by atoms with E-state index in [1.807, 2.05) is 78.9 Å². The third-order valence-corrected chi connectivity index (χ3v) is 4.36. The van der Waals surface area contributed by atoms with Gasteiger partial charge >= 0.3 is 0 Å². The minimum absolute atomic E-state index is 0.144. The van der Waals surface area contributed by atoms with Gasteiger partial charge in [0.15, 0.2) is 0 Å². The first kappa shape index (κ1) is 19.6. The summed E-state index contributed by atoms with van der Waals surface area (Å²) in [5.74, 6) is 0.561. The lowest BCUT2D eigenvalue weighted by Gasteiger charge is -2.06. The third kappa shape index (κ3) is 6.55. The largest absolute Gasteiger partial charge is 0.489 e. The van der Waals surface area contributed by atoms with Gasteiger partial charge in [-0.15, -0.1) is 0 Å². The van der Waals surface area contributed by atoms with Gasteiger partial charge in [0.2, 0.25) is 0 Å². The summed E-state index contributed by atoms with van der Waals surface area (Å²) in [6, 6.07) is 25.1. The molecule has 0 fully saturated rings. The second-order valence-electron chi connectivity index (χ2n) is 6.00. The molecule has 0 spiro atoms. The molecule has 0 aliphatic heterocycles. The van der Waals surface area contributed by atoms with Crippen molar-refractivity contribution in [3.8, 4) is 5.75 Å². The van der Waals surface area contributed by atoms with Crippen LogP contribution in [0.1, 0.15) is 11.1 Å². The Morgan fingerprint density at radius 1 is 0.964 bits per heavy atom. The number of carbonyl (C=O) groups excluding carboxylic acids is 1. The zero-order chi connectivity index (χ0) is 19.6. The standard InChI is InChI=1S/C22H20BrN3O2/c23-19-8-10-20(11-9-19)24-15-22(27)26-25-14-17-6-12-21(13-7-17)28-16-18-4-2-1-3-5-18/h1-14,24H,15-16H2,(H,26,27)/b25-14-. The lowest BCUT2D eigenvalue weighted by molar-refractivity contribution is -0.119. The lowest BCUT2D eigenvalue weighted by Crippen LogP contribution is -2.25. The minimum atomic E-state index is -0.220. The fraction of sp³-hybridized carbons (Fsp3) is 0.0909. The van der Waals surface area contributed by atoms with Crippen molar-refractivity contribution in [1.82, 2.24) is 5.43 Å². The van der Waals surface area contributed by atoms with Crippen molar-refractivity contribution in [2.45, 2.75) is 6.61 Å². The van der Waals surface area contributed by atoms with Crippen LogP contribution in [0.15, 0.2) is 88.4 Å². The number of nitrogens with one attached hydrogen (secondary N) is 2. The van der Waals surface area contributed by atoms with Crippen molar-refractivity contribution in [2.75, 3.05) is 11.9 Å². The maximum absolute atomic E-state index is 11.8. The van der Waals surface area contributed by atoms with Gasteiger partial charge in [0.05, 0.1) is 12.8 Å². The first-order valence-electron chi connectivity index (χ1n) is 8.77. The molecule has 3 aromatic rings. The van der Waals surface area contributed by atoms with E-state index >= 15 is 0 Å². The highest BCUT2D eigenvalue weighted by Crippen LogP contribution is 2.14. The normalized spacial score (nSPS) is 10.6. The van der Waals surface area contributed by atoms with E-state index in [9.17, 15) is 4.79 Å². The zero-order valence-electron chi connectivity index (χ0n) is 15.1. The first-order valence-corrected chi connectivity index (χ1v) is 9.56. The second kappa shape index (κ2) is 10.3. The van der Waals surface area contributed by atoms with E-state index in [2.05, 4.69) is 31.8 Å². The van der Waals surface area contributed by atoms with Crippen LogP contribution in [0.2, 0.25) is 0 Å². The Kier molecular flexibility index (Phi) is 7.21. The highest BCUT2D eigenvalue weighted by Gasteiger charge is 2.00. The van der Waals surface area contributed by atoms with Crippen molar-refractivity contribution < 1.29 is 9.53 Å². The summed E-state index contributed by atoms with van der Waals surface area (Å²) in [7, 11) is 0. The molecule has 0 radical (unpaired) electrons. The van der Waals surface area contributed by atoms with Gasteiger partial charge in [-0.3, -0.25) is 4.79 Å². The monoisotopic (exact) mass is 437 g/mol. The molecule has 28 heavy (non-hydrogen) atoms. The Labute approximate surface area is 172 Å². The molecule has 3 rings (SSSR count). The highest BCUT2D eigenvalue weighted by molar-refractivity contribution is 9.10. The fourth-order valence-electron chi connectivity index (χ4n) is 2.36. The van der Waals surface area contributed by atoms with Crippen molar-refractivity contribution in [3.63, 3.8) is 0 Å². The number of carbonyl (C=O) groups is 1. The highest BCUT2D eigenvalue weighted by atomic mass is 79.9. The Hall–Kier alpha value is -3.12. The topological polar surface area (TPSA) is 62.7 Å². The molecular formula is C22H20BrN3O2. The molecular weight excluding hydrogens is 418 g/mol. The summed E-state index contributed by atoms with van der Waals surface area (Å²) in [4.78, 5) is 11.8. The van der Waals surface area contributed by atoms with Gasteiger partial charge in [-0.25, -0.2) is 5.43 Å². The molecule has 0 atom stereocenters. The predicted molar refractivity (Wildman–Crippen MR) is 116 cm³/mol. The molecule has 5 nitrogen and oxygen atoms in total. The van der Waals surface area contributed by atoms with Crippen LogP contribution in [0.5, 0.6) is 5.75 Å². The molecule has 0 aliphatic carbocycles. The number of ether oxygens (including phenoxy) is 1. The smallest absolute Gasteiger partial charge is 0.259 e. The number of hydrazone groups is 1. The molecule has 0 bridgehead atoms. The maximum atomic E-state index is 11.8. The molecule has 3 aromatic carbocycles.